The molecule has 96 valence electrons. The van der Waals surface area contributed by atoms with Crippen LogP contribution < -0.4 is 15.2 Å². The van der Waals surface area contributed by atoms with E-state index in [9.17, 15) is 0 Å². The first-order valence-corrected chi connectivity index (χ1v) is 5.76. The van der Waals surface area contributed by atoms with Gasteiger partial charge in [-0.05, 0) is 38.0 Å². The molecule has 0 aliphatic carbocycles. The summed E-state index contributed by atoms with van der Waals surface area (Å²) in [5, 5.41) is 8.93. The van der Waals surface area contributed by atoms with Crippen LogP contribution in [-0.2, 0) is 6.42 Å². The topological polar surface area (TPSA) is 64.7 Å². The third kappa shape index (κ3) is 4.24. The van der Waals surface area contributed by atoms with Crippen LogP contribution in [0.4, 0.5) is 0 Å². The molecule has 0 fully saturated rings. The number of rotatable bonds is 6. The maximum atomic E-state index is 8.93. The molecule has 0 aromatic heterocycles. The second-order valence-electron chi connectivity index (χ2n) is 4.30. The lowest BCUT2D eigenvalue weighted by Gasteiger charge is -2.15. The lowest BCUT2D eigenvalue weighted by Crippen LogP contribution is -2.26. The van der Waals surface area contributed by atoms with E-state index in [4.69, 9.17) is 20.3 Å². The molecular weight excluding hydrogens is 218 g/mol. The van der Waals surface area contributed by atoms with E-state index in [1.165, 1.54) is 0 Å². The Morgan fingerprint density at radius 3 is 2.53 bits per heavy atom. The molecule has 4 heteroatoms. The molecule has 0 aliphatic heterocycles. The molecule has 0 unspecified atom stereocenters. The largest absolute Gasteiger partial charge is 0.493 e. The molecule has 0 saturated heterocycles. The molecule has 4 nitrogen and oxygen atoms in total. The standard InChI is InChI=1S/C13H21NO3/c1-9(2)17-13-7-10(6-11(14)8-15)4-5-12(13)16-3/h4-5,7,9,11,15H,6,8,14H2,1-3H3/t11-/m0/s1. The number of aliphatic hydroxyl groups is 1. The Kier molecular flexibility index (Phi) is 5.25. The van der Waals surface area contributed by atoms with Gasteiger partial charge >= 0.3 is 0 Å². The van der Waals surface area contributed by atoms with E-state index in [2.05, 4.69) is 0 Å². The van der Waals surface area contributed by atoms with Gasteiger partial charge in [0.2, 0.25) is 0 Å². The Bertz CT molecular complexity index is 353. The number of benzene rings is 1. The minimum absolute atomic E-state index is 0.0214. The van der Waals surface area contributed by atoms with Gasteiger partial charge in [-0.2, -0.15) is 0 Å². The van der Waals surface area contributed by atoms with Crippen LogP contribution in [0.3, 0.4) is 0 Å². The quantitative estimate of drug-likeness (QED) is 0.786. The van der Waals surface area contributed by atoms with Crippen LogP contribution in [0.25, 0.3) is 0 Å². The van der Waals surface area contributed by atoms with E-state index in [1.807, 2.05) is 32.0 Å². The molecule has 0 aliphatic rings. The predicted octanol–water partition coefficient (Wildman–Crippen LogP) is 1.34. The van der Waals surface area contributed by atoms with Crippen molar-refractivity contribution in [2.24, 2.45) is 5.73 Å². The molecule has 1 aromatic rings. The van der Waals surface area contributed by atoms with Crippen LogP contribution in [0.5, 0.6) is 11.5 Å². The van der Waals surface area contributed by atoms with Crippen molar-refractivity contribution < 1.29 is 14.6 Å². The Labute approximate surface area is 102 Å². The summed E-state index contributed by atoms with van der Waals surface area (Å²) in [7, 11) is 1.61. The second kappa shape index (κ2) is 6.47. The highest BCUT2D eigenvalue weighted by atomic mass is 16.5. The summed E-state index contributed by atoms with van der Waals surface area (Å²) in [6, 6.07) is 5.46. The van der Waals surface area contributed by atoms with Gasteiger partial charge in [-0.15, -0.1) is 0 Å². The lowest BCUT2D eigenvalue weighted by atomic mass is 10.1. The first-order chi connectivity index (χ1) is 8.06. The Hall–Kier alpha value is -1.26. The molecule has 0 spiro atoms. The molecule has 1 atom stereocenters. The maximum absolute atomic E-state index is 8.93. The van der Waals surface area contributed by atoms with Gasteiger partial charge in [0.15, 0.2) is 11.5 Å². The SMILES string of the molecule is COc1ccc(C[C@H](N)CO)cc1OC(C)C. The molecule has 1 rings (SSSR count). The van der Waals surface area contributed by atoms with Crippen molar-refractivity contribution in [2.45, 2.75) is 32.4 Å². The highest BCUT2D eigenvalue weighted by molar-refractivity contribution is 5.43. The van der Waals surface area contributed by atoms with E-state index >= 15 is 0 Å². The molecule has 17 heavy (non-hydrogen) atoms. The fourth-order valence-electron chi connectivity index (χ4n) is 1.56. The Morgan fingerprint density at radius 2 is 2.00 bits per heavy atom. The number of hydrogen-bond acceptors (Lipinski definition) is 4. The molecule has 0 amide bonds. The summed E-state index contributed by atoms with van der Waals surface area (Å²) in [5.41, 5.74) is 6.74. The molecule has 0 bridgehead atoms. The van der Waals surface area contributed by atoms with Crippen molar-refractivity contribution in [1.82, 2.24) is 0 Å². The Balaban J connectivity index is 2.88. The number of methoxy groups -OCH3 is 1. The summed E-state index contributed by atoms with van der Waals surface area (Å²) in [6.45, 7) is 3.91. The molecule has 1 aromatic carbocycles. The Morgan fingerprint density at radius 1 is 1.29 bits per heavy atom. The number of nitrogens with two attached hydrogens (primary N) is 1. The second-order valence-corrected chi connectivity index (χ2v) is 4.30. The van der Waals surface area contributed by atoms with E-state index in [-0.39, 0.29) is 18.8 Å². The first-order valence-electron chi connectivity index (χ1n) is 5.76. The number of aliphatic hydroxyl groups excluding tert-OH is 1. The van der Waals surface area contributed by atoms with Crippen LogP contribution in [-0.4, -0.2) is 31.0 Å². The van der Waals surface area contributed by atoms with Gasteiger partial charge in [-0.1, -0.05) is 6.07 Å². The van der Waals surface area contributed by atoms with Crippen molar-refractivity contribution in [3.05, 3.63) is 23.8 Å². The van der Waals surface area contributed by atoms with Crippen molar-refractivity contribution in [3.63, 3.8) is 0 Å². The van der Waals surface area contributed by atoms with E-state index in [0.717, 1.165) is 5.56 Å². The number of ether oxygens (including phenoxy) is 2. The zero-order chi connectivity index (χ0) is 12.8. The minimum atomic E-state index is -0.240. The zero-order valence-electron chi connectivity index (χ0n) is 10.6. The first kappa shape index (κ1) is 13.8. The van der Waals surface area contributed by atoms with Gasteiger partial charge in [-0.25, -0.2) is 0 Å². The normalized spacial score (nSPS) is 12.6. The molecule has 0 radical (unpaired) electrons. The average Bonchev–Trinajstić information content (AvgIpc) is 2.28. The smallest absolute Gasteiger partial charge is 0.161 e. The average molecular weight is 239 g/mol. The van der Waals surface area contributed by atoms with Gasteiger partial charge < -0.3 is 20.3 Å². The van der Waals surface area contributed by atoms with Gasteiger partial charge in [0.25, 0.3) is 0 Å². The van der Waals surface area contributed by atoms with Gasteiger partial charge in [0.05, 0.1) is 19.8 Å². The molecule has 3 N–H and O–H groups in total. The summed E-state index contributed by atoms with van der Waals surface area (Å²) in [6.07, 6.45) is 0.709. The third-order valence-corrected chi connectivity index (χ3v) is 2.32. The fourth-order valence-corrected chi connectivity index (χ4v) is 1.56. The van der Waals surface area contributed by atoms with Gasteiger partial charge in [-0.3, -0.25) is 0 Å². The van der Waals surface area contributed by atoms with Crippen molar-refractivity contribution >= 4 is 0 Å². The van der Waals surface area contributed by atoms with Crippen molar-refractivity contribution in [3.8, 4) is 11.5 Å². The van der Waals surface area contributed by atoms with Crippen LogP contribution in [0.2, 0.25) is 0 Å². The van der Waals surface area contributed by atoms with E-state index in [0.29, 0.717) is 17.9 Å². The minimum Gasteiger partial charge on any atom is -0.493 e. The summed E-state index contributed by atoms with van der Waals surface area (Å²) in [5.74, 6) is 1.42. The van der Waals surface area contributed by atoms with Crippen molar-refractivity contribution in [2.75, 3.05) is 13.7 Å². The van der Waals surface area contributed by atoms with Gasteiger partial charge in [0.1, 0.15) is 0 Å². The predicted molar refractivity (Wildman–Crippen MR) is 67.5 cm³/mol. The van der Waals surface area contributed by atoms with Crippen LogP contribution in [0.1, 0.15) is 19.4 Å². The highest BCUT2D eigenvalue weighted by Gasteiger charge is 2.09. The zero-order valence-corrected chi connectivity index (χ0v) is 10.6. The summed E-state index contributed by atoms with van der Waals surface area (Å²) in [4.78, 5) is 0. The monoisotopic (exact) mass is 239 g/mol. The maximum Gasteiger partial charge on any atom is 0.161 e. The number of hydrogen-bond donors (Lipinski definition) is 2. The fraction of sp³-hybridized carbons (Fsp3) is 0.538. The molecular formula is C13H21NO3. The van der Waals surface area contributed by atoms with Crippen LogP contribution in [0, 0.1) is 0 Å². The van der Waals surface area contributed by atoms with E-state index < -0.39 is 0 Å². The van der Waals surface area contributed by atoms with Crippen LogP contribution in [0.15, 0.2) is 18.2 Å². The summed E-state index contributed by atoms with van der Waals surface area (Å²) < 4.78 is 10.9. The van der Waals surface area contributed by atoms with Crippen LogP contribution >= 0.6 is 0 Å². The van der Waals surface area contributed by atoms with E-state index in [1.54, 1.807) is 7.11 Å². The molecule has 0 saturated carbocycles. The van der Waals surface area contributed by atoms with Gasteiger partial charge in [0, 0.05) is 6.04 Å². The molecule has 0 heterocycles. The summed E-state index contributed by atoms with van der Waals surface area (Å²) >= 11 is 0. The third-order valence-electron chi connectivity index (χ3n) is 2.32. The lowest BCUT2D eigenvalue weighted by molar-refractivity contribution is 0.229. The highest BCUT2D eigenvalue weighted by Crippen LogP contribution is 2.29. The van der Waals surface area contributed by atoms with Crippen molar-refractivity contribution in [1.29, 1.82) is 0 Å².